The minimum Gasteiger partial charge on any atom is -0.480 e. The lowest BCUT2D eigenvalue weighted by atomic mass is 10.0. The highest BCUT2D eigenvalue weighted by Crippen LogP contribution is 2.22. The maximum Gasteiger partial charge on any atom is 0.326 e. The van der Waals surface area contributed by atoms with E-state index in [9.17, 15) is 18.0 Å². The summed E-state index contributed by atoms with van der Waals surface area (Å²) >= 11 is 0. The predicted octanol–water partition coefficient (Wildman–Crippen LogP) is 0.0259. The van der Waals surface area contributed by atoms with Crippen molar-refractivity contribution in [1.82, 2.24) is 9.62 Å². The van der Waals surface area contributed by atoms with Crippen molar-refractivity contribution < 1.29 is 23.1 Å². The van der Waals surface area contributed by atoms with Crippen LogP contribution in [-0.4, -0.2) is 54.1 Å². The van der Waals surface area contributed by atoms with Gasteiger partial charge < -0.3 is 10.4 Å². The molecule has 1 saturated heterocycles. The fraction of sp³-hybridized carbons (Fsp3) is 0.833. The van der Waals surface area contributed by atoms with E-state index in [1.807, 2.05) is 0 Å². The van der Waals surface area contributed by atoms with Crippen LogP contribution in [0.15, 0.2) is 0 Å². The normalized spacial score (nSPS) is 21.6. The average Bonchev–Trinajstić information content (AvgIpc) is 2.65. The van der Waals surface area contributed by atoms with Crippen molar-refractivity contribution in [3.8, 4) is 0 Å². The summed E-state index contributed by atoms with van der Waals surface area (Å²) in [5.74, 6) is -1.85. The first-order valence-corrected chi connectivity index (χ1v) is 8.34. The molecule has 20 heavy (non-hydrogen) atoms. The summed E-state index contributed by atoms with van der Waals surface area (Å²) in [5.41, 5.74) is 0. The highest BCUT2D eigenvalue weighted by Gasteiger charge is 2.40. The molecule has 0 aromatic rings. The third-order valence-electron chi connectivity index (χ3n) is 3.37. The zero-order chi connectivity index (χ0) is 15.5. The highest BCUT2D eigenvalue weighted by atomic mass is 32.2. The second kappa shape index (κ2) is 6.53. The molecule has 116 valence electrons. The van der Waals surface area contributed by atoms with Crippen LogP contribution in [0.4, 0.5) is 0 Å². The zero-order valence-corrected chi connectivity index (χ0v) is 12.8. The summed E-state index contributed by atoms with van der Waals surface area (Å²) in [6, 6.07) is -1.84. The largest absolute Gasteiger partial charge is 0.480 e. The van der Waals surface area contributed by atoms with Crippen molar-refractivity contribution in [2.45, 2.75) is 45.7 Å². The number of carboxylic acids is 1. The van der Waals surface area contributed by atoms with Crippen molar-refractivity contribution >= 4 is 21.9 Å². The Morgan fingerprint density at radius 1 is 1.35 bits per heavy atom. The lowest BCUT2D eigenvalue weighted by Crippen LogP contribution is -2.54. The van der Waals surface area contributed by atoms with Crippen molar-refractivity contribution in [3.63, 3.8) is 0 Å². The Labute approximate surface area is 119 Å². The monoisotopic (exact) mass is 306 g/mol. The number of hydrogen-bond acceptors (Lipinski definition) is 4. The number of carbonyl (C=O) groups excluding carboxylic acids is 1. The van der Waals surface area contributed by atoms with Crippen LogP contribution in [-0.2, 0) is 19.6 Å². The van der Waals surface area contributed by atoms with Crippen LogP contribution in [0.1, 0.15) is 33.6 Å². The van der Waals surface area contributed by atoms with Gasteiger partial charge in [0.15, 0.2) is 0 Å². The highest BCUT2D eigenvalue weighted by molar-refractivity contribution is 7.89. The Morgan fingerprint density at radius 3 is 2.30 bits per heavy atom. The predicted molar refractivity (Wildman–Crippen MR) is 73.6 cm³/mol. The number of sulfonamides is 1. The molecule has 1 fully saturated rings. The topological polar surface area (TPSA) is 104 Å². The molecule has 0 saturated carbocycles. The molecule has 0 aromatic heterocycles. The van der Waals surface area contributed by atoms with Gasteiger partial charge in [0.05, 0.1) is 5.75 Å². The van der Waals surface area contributed by atoms with E-state index in [1.165, 1.54) is 4.31 Å². The van der Waals surface area contributed by atoms with Gasteiger partial charge in [-0.3, -0.25) is 4.79 Å². The summed E-state index contributed by atoms with van der Waals surface area (Å²) in [6.45, 7) is 5.46. The maximum absolute atomic E-state index is 12.3. The minimum atomic E-state index is -3.41. The lowest BCUT2D eigenvalue weighted by Gasteiger charge is -2.29. The molecule has 2 unspecified atom stereocenters. The van der Waals surface area contributed by atoms with Gasteiger partial charge >= 0.3 is 5.97 Å². The van der Waals surface area contributed by atoms with E-state index < -0.39 is 34.0 Å². The number of rotatable bonds is 6. The number of nitrogens with one attached hydrogen (secondary N) is 1. The number of carboxylic acid groups (broad SMARTS) is 1. The molecule has 1 amide bonds. The molecular formula is C12H22N2O5S. The summed E-state index contributed by atoms with van der Waals surface area (Å²) < 4.78 is 25.1. The molecule has 0 spiro atoms. The number of amides is 1. The smallest absolute Gasteiger partial charge is 0.326 e. The molecule has 0 bridgehead atoms. The van der Waals surface area contributed by atoms with Crippen molar-refractivity contribution in [3.05, 3.63) is 0 Å². The van der Waals surface area contributed by atoms with E-state index in [0.717, 1.165) is 0 Å². The van der Waals surface area contributed by atoms with Crippen molar-refractivity contribution in [2.24, 2.45) is 5.92 Å². The second-order valence-electron chi connectivity index (χ2n) is 5.28. The number of hydrogen-bond donors (Lipinski definition) is 2. The third kappa shape index (κ3) is 3.69. The van der Waals surface area contributed by atoms with Gasteiger partial charge in [-0.15, -0.1) is 0 Å². The summed E-state index contributed by atoms with van der Waals surface area (Å²) in [7, 11) is -3.41. The molecule has 2 atom stereocenters. The summed E-state index contributed by atoms with van der Waals surface area (Å²) in [4.78, 5) is 23.2. The first-order chi connectivity index (χ1) is 9.20. The summed E-state index contributed by atoms with van der Waals surface area (Å²) in [6.07, 6.45) is 0.744. The number of carbonyl (C=O) groups is 2. The van der Waals surface area contributed by atoms with E-state index in [0.29, 0.717) is 13.0 Å². The Morgan fingerprint density at radius 2 is 1.95 bits per heavy atom. The van der Waals surface area contributed by atoms with Crippen LogP contribution in [0.5, 0.6) is 0 Å². The first-order valence-electron chi connectivity index (χ1n) is 6.73. The van der Waals surface area contributed by atoms with E-state index in [1.54, 1.807) is 20.8 Å². The average molecular weight is 306 g/mol. The van der Waals surface area contributed by atoms with Gasteiger partial charge in [0.1, 0.15) is 12.1 Å². The Kier molecular flexibility index (Phi) is 5.52. The minimum absolute atomic E-state index is 0.0413. The van der Waals surface area contributed by atoms with E-state index in [2.05, 4.69) is 5.32 Å². The molecule has 1 rings (SSSR count). The van der Waals surface area contributed by atoms with Gasteiger partial charge in [-0.25, -0.2) is 13.2 Å². The van der Waals surface area contributed by atoms with Gasteiger partial charge in [-0.05, 0) is 18.8 Å². The maximum atomic E-state index is 12.3. The lowest BCUT2D eigenvalue weighted by molar-refractivity contribution is -0.142. The number of nitrogens with zero attached hydrogens (tertiary/aromatic N) is 1. The van der Waals surface area contributed by atoms with E-state index in [4.69, 9.17) is 5.11 Å². The second-order valence-corrected chi connectivity index (χ2v) is 7.32. The zero-order valence-electron chi connectivity index (χ0n) is 12.0. The summed E-state index contributed by atoms with van der Waals surface area (Å²) in [5, 5.41) is 11.4. The van der Waals surface area contributed by atoms with Crippen LogP contribution in [0.25, 0.3) is 0 Å². The molecule has 8 heteroatoms. The molecule has 1 heterocycles. The van der Waals surface area contributed by atoms with Crippen molar-refractivity contribution in [1.29, 1.82) is 0 Å². The van der Waals surface area contributed by atoms with Crippen LogP contribution in [0.3, 0.4) is 0 Å². The Balaban J connectivity index is 2.92. The molecule has 0 radical (unpaired) electrons. The van der Waals surface area contributed by atoms with Gasteiger partial charge in [-0.1, -0.05) is 20.8 Å². The molecule has 7 nitrogen and oxygen atoms in total. The molecule has 0 aromatic carbocycles. The molecule has 0 aliphatic carbocycles. The molecular weight excluding hydrogens is 284 g/mol. The Bertz CT molecular complexity index is 474. The van der Waals surface area contributed by atoms with Crippen LogP contribution < -0.4 is 5.32 Å². The van der Waals surface area contributed by atoms with E-state index >= 15 is 0 Å². The van der Waals surface area contributed by atoms with Gasteiger partial charge in [0, 0.05) is 6.54 Å². The SMILES string of the molecule is CCC(NC(=O)C(C(C)C)N1CCCS1(=O)=O)C(=O)O. The Hall–Kier alpha value is -1.15. The quantitative estimate of drug-likeness (QED) is 0.720. The van der Waals surface area contributed by atoms with Crippen molar-refractivity contribution in [2.75, 3.05) is 12.3 Å². The van der Waals surface area contributed by atoms with Gasteiger partial charge in [0.2, 0.25) is 15.9 Å². The third-order valence-corrected chi connectivity index (χ3v) is 5.30. The fourth-order valence-electron chi connectivity index (χ4n) is 2.33. The van der Waals surface area contributed by atoms with Crippen LogP contribution in [0, 0.1) is 5.92 Å². The number of aliphatic carboxylic acids is 1. The first kappa shape index (κ1) is 16.9. The molecule has 1 aliphatic heterocycles. The van der Waals surface area contributed by atoms with Crippen LogP contribution in [0.2, 0.25) is 0 Å². The van der Waals surface area contributed by atoms with E-state index in [-0.39, 0.29) is 18.1 Å². The fourth-order valence-corrected chi connectivity index (χ4v) is 4.15. The van der Waals surface area contributed by atoms with Crippen LogP contribution >= 0.6 is 0 Å². The standard InChI is InChI=1S/C12H22N2O5S/c1-4-9(12(16)17)13-11(15)10(8(2)3)14-6-5-7-20(14,18)19/h8-10H,4-7H2,1-3H3,(H,13,15)(H,16,17). The van der Waals surface area contributed by atoms with Gasteiger partial charge in [-0.2, -0.15) is 4.31 Å². The molecule has 2 N–H and O–H groups in total. The molecule has 1 aliphatic rings. The van der Waals surface area contributed by atoms with Gasteiger partial charge in [0.25, 0.3) is 0 Å².